The number of nitrogens with zero attached hydrogens (tertiary/aromatic N) is 1. The summed E-state index contributed by atoms with van der Waals surface area (Å²) in [7, 11) is 0. The van der Waals surface area contributed by atoms with E-state index in [0.29, 0.717) is 17.7 Å². The van der Waals surface area contributed by atoms with Crippen LogP contribution in [-0.4, -0.2) is 22.3 Å². The van der Waals surface area contributed by atoms with Crippen molar-refractivity contribution in [1.82, 2.24) is 9.97 Å². The number of ether oxygens (including phenoxy) is 1. The second kappa shape index (κ2) is 7.49. The number of aryl methyl sites for hydroxylation is 2. The molecule has 1 N–H and O–H groups in total. The van der Waals surface area contributed by atoms with Crippen LogP contribution in [0.2, 0.25) is 0 Å². The highest BCUT2D eigenvalue weighted by atomic mass is 32.2. The third-order valence-electron chi connectivity index (χ3n) is 3.21. The number of H-pyrrole nitrogens is 1. The number of hydrogen-bond donors (Lipinski definition) is 1. The Morgan fingerprint density at radius 1 is 1.27 bits per heavy atom. The van der Waals surface area contributed by atoms with Gasteiger partial charge in [0.1, 0.15) is 5.75 Å². The van der Waals surface area contributed by atoms with Gasteiger partial charge in [-0.3, -0.25) is 4.79 Å². The minimum atomic E-state index is -0.114. The Bertz CT molecular complexity index is 695. The average molecular weight is 318 g/mol. The molecule has 0 aliphatic carbocycles. The summed E-state index contributed by atoms with van der Waals surface area (Å²) >= 11 is 1.49. The van der Waals surface area contributed by atoms with Crippen LogP contribution in [0.25, 0.3) is 0 Å². The van der Waals surface area contributed by atoms with Gasteiger partial charge in [-0.2, -0.15) is 0 Å². The molecule has 5 heteroatoms. The van der Waals surface area contributed by atoms with Crippen molar-refractivity contribution in [3.05, 3.63) is 51.4 Å². The van der Waals surface area contributed by atoms with Crippen LogP contribution in [0.5, 0.6) is 5.75 Å². The number of thioether (sulfide) groups is 1. The Morgan fingerprint density at radius 2 is 2.05 bits per heavy atom. The van der Waals surface area contributed by atoms with Gasteiger partial charge in [-0.05, 0) is 31.4 Å². The maximum absolute atomic E-state index is 11.4. The Labute approximate surface area is 135 Å². The van der Waals surface area contributed by atoms with Gasteiger partial charge >= 0.3 is 0 Å². The monoisotopic (exact) mass is 318 g/mol. The van der Waals surface area contributed by atoms with E-state index in [2.05, 4.69) is 42.9 Å². The van der Waals surface area contributed by atoms with Crippen molar-refractivity contribution >= 4 is 11.8 Å². The molecule has 4 nitrogen and oxygen atoms in total. The molecule has 0 bridgehead atoms. The fraction of sp³-hybridized carbons (Fsp3) is 0.412. The summed E-state index contributed by atoms with van der Waals surface area (Å²) < 4.78 is 5.90. The Hall–Kier alpha value is -1.75. The highest BCUT2D eigenvalue weighted by Crippen LogP contribution is 2.27. The van der Waals surface area contributed by atoms with E-state index < -0.39 is 0 Å². The number of rotatable bonds is 6. The number of nitrogens with one attached hydrogen (secondary N) is 1. The lowest BCUT2D eigenvalue weighted by Crippen LogP contribution is -2.09. The quantitative estimate of drug-likeness (QED) is 0.501. The SMILES string of the molecule is Cc1ccc(OCCSc2nc(C)cc(=O)[nH]2)c(C(C)C)c1. The molecule has 0 saturated carbocycles. The molecule has 2 aromatic rings. The van der Waals surface area contributed by atoms with E-state index in [4.69, 9.17) is 4.74 Å². The van der Waals surface area contributed by atoms with E-state index in [1.165, 1.54) is 29.0 Å². The van der Waals surface area contributed by atoms with Crippen molar-refractivity contribution < 1.29 is 4.74 Å². The third kappa shape index (κ3) is 4.63. The number of benzene rings is 1. The van der Waals surface area contributed by atoms with E-state index >= 15 is 0 Å². The third-order valence-corrected chi connectivity index (χ3v) is 4.05. The topological polar surface area (TPSA) is 55.0 Å². The summed E-state index contributed by atoms with van der Waals surface area (Å²) in [4.78, 5) is 18.4. The van der Waals surface area contributed by atoms with Gasteiger partial charge in [0, 0.05) is 17.5 Å². The predicted molar refractivity (Wildman–Crippen MR) is 91.1 cm³/mol. The molecule has 118 valence electrons. The Morgan fingerprint density at radius 3 is 2.73 bits per heavy atom. The predicted octanol–water partition coefficient (Wildman–Crippen LogP) is 3.68. The van der Waals surface area contributed by atoms with Crippen LogP contribution in [-0.2, 0) is 0 Å². The number of aromatic amines is 1. The molecular weight excluding hydrogens is 296 g/mol. The summed E-state index contributed by atoms with van der Waals surface area (Å²) in [5.74, 6) is 2.10. The fourth-order valence-corrected chi connectivity index (χ4v) is 2.90. The van der Waals surface area contributed by atoms with E-state index in [9.17, 15) is 4.79 Å². The first-order valence-electron chi connectivity index (χ1n) is 7.40. The zero-order valence-electron chi connectivity index (χ0n) is 13.5. The van der Waals surface area contributed by atoms with Crippen LogP contribution >= 0.6 is 11.8 Å². The van der Waals surface area contributed by atoms with Crippen LogP contribution in [0.3, 0.4) is 0 Å². The minimum absolute atomic E-state index is 0.114. The zero-order valence-corrected chi connectivity index (χ0v) is 14.3. The molecule has 0 fully saturated rings. The molecule has 22 heavy (non-hydrogen) atoms. The molecular formula is C17H22N2O2S. The lowest BCUT2D eigenvalue weighted by Gasteiger charge is -2.14. The van der Waals surface area contributed by atoms with Crippen LogP contribution in [0.15, 0.2) is 34.2 Å². The van der Waals surface area contributed by atoms with E-state index in [1.54, 1.807) is 0 Å². The smallest absolute Gasteiger partial charge is 0.251 e. The largest absolute Gasteiger partial charge is 0.492 e. The van der Waals surface area contributed by atoms with Gasteiger partial charge in [0.15, 0.2) is 5.16 Å². The lowest BCUT2D eigenvalue weighted by molar-refractivity contribution is 0.338. The van der Waals surface area contributed by atoms with E-state index in [-0.39, 0.29) is 5.56 Å². The molecule has 0 amide bonds. The van der Waals surface area contributed by atoms with Gasteiger partial charge in [-0.15, -0.1) is 0 Å². The van der Waals surface area contributed by atoms with E-state index in [0.717, 1.165) is 17.2 Å². The van der Waals surface area contributed by atoms with Gasteiger partial charge in [-0.25, -0.2) is 4.98 Å². The summed E-state index contributed by atoms with van der Waals surface area (Å²) in [6.07, 6.45) is 0. The molecule has 0 aliphatic rings. The molecule has 1 aromatic heterocycles. The molecule has 0 aliphatic heterocycles. The summed E-state index contributed by atoms with van der Waals surface area (Å²) in [5, 5.41) is 0.640. The first-order chi connectivity index (χ1) is 10.5. The average Bonchev–Trinajstić information content (AvgIpc) is 2.43. The zero-order chi connectivity index (χ0) is 16.1. The first-order valence-corrected chi connectivity index (χ1v) is 8.38. The highest BCUT2D eigenvalue weighted by molar-refractivity contribution is 7.99. The number of aromatic nitrogens is 2. The Kier molecular flexibility index (Phi) is 5.66. The Balaban J connectivity index is 1.93. The van der Waals surface area contributed by atoms with Crippen LogP contribution in [0.4, 0.5) is 0 Å². The molecule has 0 unspecified atom stereocenters. The second-order valence-corrected chi connectivity index (χ2v) is 6.67. The van der Waals surface area contributed by atoms with Gasteiger partial charge in [0.05, 0.1) is 6.61 Å². The maximum atomic E-state index is 11.4. The molecule has 0 spiro atoms. The standard InChI is InChI=1S/C17H22N2O2S/c1-11(2)14-9-12(3)5-6-15(14)21-7-8-22-17-18-13(4)10-16(20)19-17/h5-6,9-11H,7-8H2,1-4H3,(H,18,19,20). The van der Waals surface area contributed by atoms with Gasteiger partial charge < -0.3 is 9.72 Å². The first kappa shape index (κ1) is 16.6. The van der Waals surface area contributed by atoms with Crippen molar-refractivity contribution in [2.24, 2.45) is 0 Å². The molecule has 1 aromatic carbocycles. The normalized spacial score (nSPS) is 11.0. The van der Waals surface area contributed by atoms with Gasteiger partial charge in [0.25, 0.3) is 5.56 Å². The van der Waals surface area contributed by atoms with Crippen LogP contribution in [0.1, 0.15) is 36.6 Å². The summed E-state index contributed by atoms with van der Waals surface area (Å²) in [5.41, 5.74) is 3.09. The van der Waals surface area contributed by atoms with Crippen molar-refractivity contribution in [3.63, 3.8) is 0 Å². The van der Waals surface area contributed by atoms with Crippen molar-refractivity contribution in [2.75, 3.05) is 12.4 Å². The van der Waals surface area contributed by atoms with Crippen molar-refractivity contribution in [3.8, 4) is 5.75 Å². The highest BCUT2D eigenvalue weighted by Gasteiger charge is 2.08. The maximum Gasteiger partial charge on any atom is 0.251 e. The minimum Gasteiger partial charge on any atom is -0.492 e. The van der Waals surface area contributed by atoms with E-state index in [1.807, 2.05) is 13.0 Å². The fourth-order valence-electron chi connectivity index (χ4n) is 2.16. The van der Waals surface area contributed by atoms with Crippen molar-refractivity contribution in [2.45, 2.75) is 38.8 Å². The van der Waals surface area contributed by atoms with Crippen molar-refractivity contribution in [1.29, 1.82) is 0 Å². The molecule has 0 saturated heterocycles. The summed E-state index contributed by atoms with van der Waals surface area (Å²) in [6, 6.07) is 7.75. The molecule has 2 rings (SSSR count). The van der Waals surface area contributed by atoms with Crippen LogP contribution < -0.4 is 10.3 Å². The van der Waals surface area contributed by atoms with Crippen LogP contribution in [0, 0.1) is 13.8 Å². The number of hydrogen-bond acceptors (Lipinski definition) is 4. The van der Waals surface area contributed by atoms with Gasteiger partial charge in [0.2, 0.25) is 0 Å². The van der Waals surface area contributed by atoms with Gasteiger partial charge in [-0.1, -0.05) is 43.3 Å². The molecule has 0 radical (unpaired) electrons. The molecule has 1 heterocycles. The lowest BCUT2D eigenvalue weighted by atomic mass is 10.00. The summed E-state index contributed by atoms with van der Waals surface area (Å²) in [6.45, 7) is 8.81. The molecule has 0 atom stereocenters. The second-order valence-electron chi connectivity index (χ2n) is 5.58.